The van der Waals surface area contributed by atoms with Gasteiger partial charge < -0.3 is 10.5 Å². The van der Waals surface area contributed by atoms with Crippen molar-refractivity contribution in [2.45, 2.75) is 19.6 Å². The number of nitrogen functional groups attached to an aromatic ring is 1. The van der Waals surface area contributed by atoms with Crippen molar-refractivity contribution < 1.29 is 9.53 Å². The van der Waals surface area contributed by atoms with Crippen molar-refractivity contribution in [3.05, 3.63) is 29.8 Å². The number of nitrogens with zero attached hydrogens (tertiary/aromatic N) is 1. The fourth-order valence-electron chi connectivity index (χ4n) is 0.996. The first kappa shape index (κ1) is 12.5. The SMILES string of the molecule is CN(C)C(C)(C)OC(=O)c1ccc(N)cc1. The highest BCUT2D eigenvalue weighted by molar-refractivity contribution is 5.90. The average Bonchev–Trinajstić information content (AvgIpc) is 2.17. The molecule has 0 aliphatic carbocycles. The Bertz CT molecular complexity index is 369. The van der Waals surface area contributed by atoms with Crippen molar-refractivity contribution in [1.82, 2.24) is 4.90 Å². The number of nitrogens with two attached hydrogens (primary N) is 1. The summed E-state index contributed by atoms with van der Waals surface area (Å²) in [5, 5.41) is 0. The summed E-state index contributed by atoms with van der Waals surface area (Å²) in [6.45, 7) is 3.67. The van der Waals surface area contributed by atoms with Gasteiger partial charge in [0.15, 0.2) is 5.72 Å². The van der Waals surface area contributed by atoms with Crippen molar-refractivity contribution >= 4 is 11.7 Å². The van der Waals surface area contributed by atoms with Gasteiger partial charge in [-0.15, -0.1) is 0 Å². The number of carbonyl (C=O) groups is 1. The summed E-state index contributed by atoms with van der Waals surface area (Å²) >= 11 is 0. The van der Waals surface area contributed by atoms with Crippen LogP contribution in [-0.4, -0.2) is 30.7 Å². The molecule has 88 valence electrons. The highest BCUT2D eigenvalue weighted by Gasteiger charge is 2.25. The highest BCUT2D eigenvalue weighted by atomic mass is 16.6. The van der Waals surface area contributed by atoms with E-state index in [1.54, 1.807) is 24.3 Å². The summed E-state index contributed by atoms with van der Waals surface area (Å²) in [5.74, 6) is -0.348. The summed E-state index contributed by atoms with van der Waals surface area (Å²) in [7, 11) is 3.71. The molecule has 0 heterocycles. The molecule has 0 spiro atoms. The molecular weight excluding hydrogens is 204 g/mol. The predicted octanol–water partition coefficient (Wildman–Crippen LogP) is 1.72. The Kier molecular flexibility index (Phi) is 3.55. The molecule has 16 heavy (non-hydrogen) atoms. The van der Waals surface area contributed by atoms with Crippen LogP contribution in [0.1, 0.15) is 24.2 Å². The zero-order valence-corrected chi connectivity index (χ0v) is 10.2. The van der Waals surface area contributed by atoms with Gasteiger partial charge in [0.25, 0.3) is 0 Å². The number of carbonyl (C=O) groups excluding carboxylic acids is 1. The topological polar surface area (TPSA) is 55.6 Å². The van der Waals surface area contributed by atoms with E-state index in [9.17, 15) is 4.79 Å². The maximum absolute atomic E-state index is 11.8. The van der Waals surface area contributed by atoms with Gasteiger partial charge in [-0.3, -0.25) is 4.90 Å². The summed E-state index contributed by atoms with van der Waals surface area (Å²) in [4.78, 5) is 13.6. The molecule has 1 aromatic rings. The van der Waals surface area contributed by atoms with E-state index < -0.39 is 5.72 Å². The monoisotopic (exact) mass is 222 g/mol. The van der Waals surface area contributed by atoms with Gasteiger partial charge in [0.1, 0.15) is 0 Å². The number of anilines is 1. The quantitative estimate of drug-likeness (QED) is 0.480. The van der Waals surface area contributed by atoms with Crippen LogP contribution in [0.3, 0.4) is 0 Å². The molecular formula is C12H18N2O2. The first-order valence-electron chi connectivity index (χ1n) is 5.09. The smallest absolute Gasteiger partial charge is 0.339 e. The van der Waals surface area contributed by atoms with E-state index in [2.05, 4.69) is 0 Å². The molecule has 0 saturated carbocycles. The largest absolute Gasteiger partial charge is 0.441 e. The molecule has 0 saturated heterocycles. The maximum Gasteiger partial charge on any atom is 0.339 e. The molecule has 0 unspecified atom stereocenters. The molecule has 0 radical (unpaired) electrons. The van der Waals surface area contributed by atoms with E-state index in [1.807, 2.05) is 32.8 Å². The Morgan fingerprint density at radius 3 is 2.19 bits per heavy atom. The fourth-order valence-corrected chi connectivity index (χ4v) is 0.996. The van der Waals surface area contributed by atoms with Gasteiger partial charge in [0.2, 0.25) is 0 Å². The molecule has 4 heteroatoms. The molecule has 2 N–H and O–H groups in total. The minimum Gasteiger partial charge on any atom is -0.441 e. The van der Waals surface area contributed by atoms with Crippen LogP contribution in [0.15, 0.2) is 24.3 Å². The van der Waals surface area contributed by atoms with Crippen LogP contribution in [0.4, 0.5) is 5.69 Å². The van der Waals surface area contributed by atoms with Crippen LogP contribution < -0.4 is 5.73 Å². The normalized spacial score (nSPS) is 11.6. The molecule has 0 bridgehead atoms. The van der Waals surface area contributed by atoms with Crippen LogP contribution in [0, 0.1) is 0 Å². The molecule has 0 aliphatic heterocycles. The summed E-state index contributed by atoms with van der Waals surface area (Å²) in [5.41, 5.74) is 6.05. The van der Waals surface area contributed by atoms with E-state index in [1.165, 1.54) is 0 Å². The number of hydrogen-bond acceptors (Lipinski definition) is 4. The average molecular weight is 222 g/mol. The second kappa shape index (κ2) is 4.53. The summed E-state index contributed by atoms with van der Waals surface area (Å²) in [6, 6.07) is 6.67. The van der Waals surface area contributed by atoms with Gasteiger partial charge in [0, 0.05) is 5.69 Å². The van der Waals surface area contributed by atoms with Crippen LogP contribution >= 0.6 is 0 Å². The Balaban J connectivity index is 2.77. The van der Waals surface area contributed by atoms with Crippen molar-refractivity contribution in [3.63, 3.8) is 0 Å². The number of ether oxygens (including phenoxy) is 1. The molecule has 1 rings (SSSR count). The molecule has 1 aromatic carbocycles. The van der Waals surface area contributed by atoms with E-state index in [0.717, 1.165) is 0 Å². The van der Waals surface area contributed by atoms with Crippen LogP contribution in [0.2, 0.25) is 0 Å². The molecule has 0 fully saturated rings. The third kappa shape index (κ3) is 2.97. The Morgan fingerprint density at radius 2 is 1.75 bits per heavy atom. The second-order valence-electron chi connectivity index (χ2n) is 4.35. The van der Waals surface area contributed by atoms with Crippen LogP contribution in [0.5, 0.6) is 0 Å². The third-order valence-corrected chi connectivity index (χ3v) is 2.57. The zero-order chi connectivity index (χ0) is 12.3. The van der Waals surface area contributed by atoms with Crippen molar-refractivity contribution in [2.75, 3.05) is 19.8 Å². The molecule has 4 nitrogen and oxygen atoms in total. The lowest BCUT2D eigenvalue weighted by atomic mass is 10.2. The van der Waals surface area contributed by atoms with E-state index in [-0.39, 0.29) is 5.97 Å². The van der Waals surface area contributed by atoms with Crippen molar-refractivity contribution in [1.29, 1.82) is 0 Å². The van der Waals surface area contributed by atoms with Gasteiger partial charge >= 0.3 is 5.97 Å². The zero-order valence-electron chi connectivity index (χ0n) is 10.2. The van der Waals surface area contributed by atoms with E-state index in [4.69, 9.17) is 10.5 Å². The highest BCUT2D eigenvalue weighted by Crippen LogP contribution is 2.15. The lowest BCUT2D eigenvalue weighted by molar-refractivity contribution is -0.0725. The molecule has 0 aromatic heterocycles. The predicted molar refractivity (Wildman–Crippen MR) is 64.0 cm³/mol. The summed E-state index contributed by atoms with van der Waals surface area (Å²) < 4.78 is 5.37. The Labute approximate surface area is 96.0 Å². The first-order valence-corrected chi connectivity index (χ1v) is 5.09. The van der Waals surface area contributed by atoms with Gasteiger partial charge in [-0.2, -0.15) is 0 Å². The van der Waals surface area contributed by atoms with Gasteiger partial charge in [-0.1, -0.05) is 0 Å². The lowest BCUT2D eigenvalue weighted by Gasteiger charge is -2.31. The third-order valence-electron chi connectivity index (χ3n) is 2.57. The van der Waals surface area contributed by atoms with Crippen molar-refractivity contribution in [2.24, 2.45) is 0 Å². The van der Waals surface area contributed by atoms with E-state index in [0.29, 0.717) is 11.3 Å². The number of hydrogen-bond donors (Lipinski definition) is 1. The molecule has 0 atom stereocenters. The minimum absolute atomic E-state index is 0.348. The number of benzene rings is 1. The van der Waals surface area contributed by atoms with Crippen molar-refractivity contribution in [3.8, 4) is 0 Å². The summed E-state index contributed by atoms with van der Waals surface area (Å²) in [6.07, 6.45) is 0. The second-order valence-corrected chi connectivity index (χ2v) is 4.35. The van der Waals surface area contributed by atoms with Gasteiger partial charge in [-0.25, -0.2) is 4.79 Å². The van der Waals surface area contributed by atoms with Crippen LogP contribution in [-0.2, 0) is 4.74 Å². The first-order chi connectivity index (χ1) is 7.33. The van der Waals surface area contributed by atoms with Gasteiger partial charge in [0.05, 0.1) is 5.56 Å². The standard InChI is InChI=1S/C12H18N2O2/c1-12(2,14(3)4)16-11(15)9-5-7-10(13)8-6-9/h5-8H,13H2,1-4H3. The fraction of sp³-hybridized carbons (Fsp3) is 0.417. The Morgan fingerprint density at radius 1 is 1.25 bits per heavy atom. The Hall–Kier alpha value is -1.55. The van der Waals surface area contributed by atoms with Crippen LogP contribution in [0.25, 0.3) is 0 Å². The minimum atomic E-state index is -0.627. The van der Waals surface area contributed by atoms with Gasteiger partial charge in [-0.05, 0) is 52.2 Å². The molecule has 0 aliphatic rings. The lowest BCUT2D eigenvalue weighted by Crippen LogP contribution is -2.42. The number of esters is 1. The molecule has 0 amide bonds. The maximum atomic E-state index is 11.8. The number of rotatable bonds is 3. The van der Waals surface area contributed by atoms with E-state index >= 15 is 0 Å².